The van der Waals surface area contributed by atoms with Gasteiger partial charge in [-0.1, -0.05) is 0 Å². The molecule has 0 aliphatic heterocycles. The minimum absolute atomic E-state index is 0.125. The SMILES string of the molecule is Nc1cc(C(F)(F)F)ccn1.O=C(O)Nc1cc(C(F)(F)F)ccn1. The summed E-state index contributed by atoms with van der Waals surface area (Å²) in [5, 5.41) is 9.95. The van der Waals surface area contributed by atoms with Crippen molar-refractivity contribution in [1.29, 1.82) is 0 Å². The van der Waals surface area contributed by atoms with Crippen LogP contribution in [-0.2, 0) is 12.4 Å². The number of nitrogens with one attached hydrogen (secondary N) is 1. The molecule has 0 saturated carbocycles. The van der Waals surface area contributed by atoms with Crippen molar-refractivity contribution in [2.75, 3.05) is 11.1 Å². The third kappa shape index (κ3) is 6.93. The van der Waals surface area contributed by atoms with Gasteiger partial charge in [0.15, 0.2) is 0 Å². The van der Waals surface area contributed by atoms with Crippen LogP contribution < -0.4 is 11.1 Å². The van der Waals surface area contributed by atoms with E-state index in [0.717, 1.165) is 30.6 Å². The van der Waals surface area contributed by atoms with Gasteiger partial charge in [-0.25, -0.2) is 14.8 Å². The molecule has 0 aliphatic carbocycles. The Balaban J connectivity index is 0.000000257. The summed E-state index contributed by atoms with van der Waals surface area (Å²) in [6.45, 7) is 0. The van der Waals surface area contributed by atoms with Crippen LogP contribution in [0.1, 0.15) is 11.1 Å². The molecule has 0 spiro atoms. The van der Waals surface area contributed by atoms with Gasteiger partial charge in [-0.05, 0) is 24.3 Å². The highest BCUT2D eigenvalue weighted by Crippen LogP contribution is 2.30. The first-order valence-electron chi connectivity index (χ1n) is 6.21. The van der Waals surface area contributed by atoms with E-state index < -0.39 is 29.6 Å². The highest BCUT2D eigenvalue weighted by molar-refractivity contribution is 5.81. The summed E-state index contributed by atoms with van der Waals surface area (Å²) < 4.78 is 72.0. The van der Waals surface area contributed by atoms with E-state index in [9.17, 15) is 31.1 Å². The van der Waals surface area contributed by atoms with Crippen molar-refractivity contribution in [3.8, 4) is 0 Å². The van der Waals surface area contributed by atoms with Crippen molar-refractivity contribution < 1.29 is 36.2 Å². The zero-order valence-electron chi connectivity index (χ0n) is 12.1. The van der Waals surface area contributed by atoms with E-state index in [4.69, 9.17) is 10.8 Å². The minimum Gasteiger partial charge on any atom is -0.465 e. The number of hydrogen-bond donors (Lipinski definition) is 3. The van der Waals surface area contributed by atoms with Gasteiger partial charge in [-0.2, -0.15) is 26.3 Å². The van der Waals surface area contributed by atoms with Crippen LogP contribution in [0.5, 0.6) is 0 Å². The summed E-state index contributed by atoms with van der Waals surface area (Å²) in [4.78, 5) is 16.9. The Morgan fingerprint density at radius 2 is 1.44 bits per heavy atom. The number of alkyl halides is 6. The van der Waals surface area contributed by atoms with Crippen LogP contribution in [0.4, 0.5) is 42.8 Å². The fourth-order valence-electron chi connectivity index (χ4n) is 1.41. The molecule has 4 N–H and O–H groups in total. The maximum Gasteiger partial charge on any atom is 0.416 e. The molecule has 0 aliphatic rings. The molecular weight excluding hydrogens is 358 g/mol. The Hall–Kier alpha value is -3.05. The highest BCUT2D eigenvalue weighted by atomic mass is 19.4. The lowest BCUT2D eigenvalue weighted by atomic mass is 10.2. The third-order valence-corrected chi connectivity index (χ3v) is 2.43. The van der Waals surface area contributed by atoms with E-state index in [1.54, 1.807) is 5.32 Å². The van der Waals surface area contributed by atoms with E-state index in [0.29, 0.717) is 6.07 Å². The lowest BCUT2D eigenvalue weighted by Crippen LogP contribution is -2.11. The average Bonchev–Trinajstić information content (AvgIpc) is 2.46. The van der Waals surface area contributed by atoms with E-state index in [1.807, 2.05) is 0 Å². The third-order valence-electron chi connectivity index (χ3n) is 2.43. The molecular formula is C13H10F6N4O2. The number of rotatable bonds is 1. The number of carbonyl (C=O) groups is 1. The Labute approximate surface area is 136 Å². The fraction of sp³-hybridized carbons (Fsp3) is 0.154. The number of carboxylic acid groups (broad SMARTS) is 1. The minimum atomic E-state index is -4.50. The topological polar surface area (TPSA) is 101 Å². The maximum absolute atomic E-state index is 12.1. The Morgan fingerprint density at radius 3 is 1.84 bits per heavy atom. The van der Waals surface area contributed by atoms with Crippen LogP contribution in [0.3, 0.4) is 0 Å². The molecule has 0 unspecified atom stereocenters. The molecule has 0 aromatic carbocycles. The lowest BCUT2D eigenvalue weighted by molar-refractivity contribution is -0.138. The second-order valence-corrected chi connectivity index (χ2v) is 4.32. The first kappa shape index (κ1) is 20.0. The van der Waals surface area contributed by atoms with Crippen molar-refractivity contribution in [3.63, 3.8) is 0 Å². The number of aromatic nitrogens is 2. The zero-order valence-corrected chi connectivity index (χ0v) is 12.1. The number of hydrogen-bond acceptors (Lipinski definition) is 4. The number of nitrogens with two attached hydrogens (primary N) is 1. The standard InChI is InChI=1S/C7H5F3N2O2.C6H5F3N2/c8-7(9,10)4-1-2-11-5(3-4)12-6(13)14;7-6(8,9)4-1-2-11-5(10)3-4/h1-3H,(H,11,12)(H,13,14);1-3H,(H2,10,11). The molecule has 25 heavy (non-hydrogen) atoms. The van der Waals surface area contributed by atoms with Crippen molar-refractivity contribution in [1.82, 2.24) is 9.97 Å². The van der Waals surface area contributed by atoms with Gasteiger partial charge >= 0.3 is 18.4 Å². The van der Waals surface area contributed by atoms with Crippen LogP contribution in [-0.4, -0.2) is 21.2 Å². The molecule has 0 radical (unpaired) electrons. The Bertz CT molecular complexity index is 733. The predicted molar refractivity (Wildman–Crippen MR) is 74.5 cm³/mol. The molecule has 2 rings (SSSR count). The zero-order chi connectivity index (χ0) is 19.3. The first-order chi connectivity index (χ1) is 11.4. The summed E-state index contributed by atoms with van der Waals surface area (Å²) >= 11 is 0. The summed E-state index contributed by atoms with van der Waals surface area (Å²) in [7, 11) is 0. The van der Waals surface area contributed by atoms with E-state index >= 15 is 0 Å². The van der Waals surface area contributed by atoms with Gasteiger partial charge in [0.05, 0.1) is 11.1 Å². The van der Waals surface area contributed by atoms with Crippen LogP contribution in [0, 0.1) is 0 Å². The van der Waals surface area contributed by atoms with Gasteiger partial charge in [0.2, 0.25) is 0 Å². The van der Waals surface area contributed by atoms with Gasteiger partial charge in [-0.15, -0.1) is 0 Å². The molecule has 0 saturated heterocycles. The number of nitrogen functional groups attached to an aromatic ring is 1. The largest absolute Gasteiger partial charge is 0.465 e. The summed E-state index contributed by atoms with van der Waals surface area (Å²) in [6, 6.07) is 3.04. The van der Waals surface area contributed by atoms with Crippen molar-refractivity contribution in [3.05, 3.63) is 47.8 Å². The van der Waals surface area contributed by atoms with Crippen LogP contribution in [0.15, 0.2) is 36.7 Å². The molecule has 6 nitrogen and oxygen atoms in total. The molecule has 0 atom stereocenters. The molecule has 2 aromatic rings. The normalized spacial score (nSPS) is 11.3. The van der Waals surface area contributed by atoms with Crippen LogP contribution in [0.2, 0.25) is 0 Å². The van der Waals surface area contributed by atoms with Crippen LogP contribution in [0.25, 0.3) is 0 Å². The monoisotopic (exact) mass is 368 g/mol. The van der Waals surface area contributed by atoms with Gasteiger partial charge in [0.1, 0.15) is 11.6 Å². The highest BCUT2D eigenvalue weighted by Gasteiger charge is 2.31. The lowest BCUT2D eigenvalue weighted by Gasteiger charge is -2.07. The van der Waals surface area contributed by atoms with Gasteiger partial charge in [0.25, 0.3) is 0 Å². The predicted octanol–water partition coefficient (Wildman–Crippen LogP) is 3.87. The number of pyridine rings is 2. The number of amides is 1. The van der Waals surface area contributed by atoms with Gasteiger partial charge in [-0.3, -0.25) is 5.32 Å². The number of halogens is 6. The average molecular weight is 368 g/mol. The Kier molecular flexibility index (Phi) is 6.14. The quantitative estimate of drug-likeness (QED) is 0.664. The number of anilines is 2. The van der Waals surface area contributed by atoms with Crippen molar-refractivity contribution in [2.24, 2.45) is 0 Å². The molecule has 136 valence electrons. The second kappa shape index (κ2) is 7.68. The molecule has 1 amide bonds. The van der Waals surface area contributed by atoms with E-state index in [2.05, 4.69) is 9.97 Å². The van der Waals surface area contributed by atoms with Crippen molar-refractivity contribution >= 4 is 17.7 Å². The fourth-order valence-corrected chi connectivity index (χ4v) is 1.41. The number of nitrogens with zero attached hydrogens (tertiary/aromatic N) is 2. The Morgan fingerprint density at radius 1 is 0.960 bits per heavy atom. The first-order valence-corrected chi connectivity index (χ1v) is 6.21. The van der Waals surface area contributed by atoms with Gasteiger partial charge < -0.3 is 10.8 Å². The van der Waals surface area contributed by atoms with Crippen LogP contribution >= 0.6 is 0 Å². The molecule has 0 fully saturated rings. The van der Waals surface area contributed by atoms with Crippen molar-refractivity contribution in [2.45, 2.75) is 12.4 Å². The molecule has 2 aromatic heterocycles. The molecule has 2 heterocycles. The van der Waals surface area contributed by atoms with Gasteiger partial charge in [0, 0.05) is 12.4 Å². The second-order valence-electron chi connectivity index (χ2n) is 4.32. The summed E-state index contributed by atoms with van der Waals surface area (Å²) in [5.41, 5.74) is 3.32. The summed E-state index contributed by atoms with van der Waals surface area (Å²) in [5.74, 6) is -0.479. The smallest absolute Gasteiger partial charge is 0.416 e. The van der Waals surface area contributed by atoms with E-state index in [-0.39, 0.29) is 11.6 Å². The maximum atomic E-state index is 12.1. The molecule has 12 heteroatoms. The van der Waals surface area contributed by atoms with E-state index in [1.165, 1.54) is 0 Å². The molecule has 0 bridgehead atoms. The summed E-state index contributed by atoms with van der Waals surface area (Å²) in [6.07, 6.45) is -8.39.